The molecule has 0 bridgehead atoms. The van der Waals surface area contributed by atoms with Gasteiger partial charge in [-0.3, -0.25) is 4.79 Å². The van der Waals surface area contributed by atoms with Gasteiger partial charge in [-0.25, -0.2) is 9.48 Å². The molecule has 7 heteroatoms. The molecule has 2 aromatic rings. The van der Waals surface area contributed by atoms with Gasteiger partial charge < -0.3 is 9.64 Å². The molecule has 0 saturated carbocycles. The highest BCUT2D eigenvalue weighted by Crippen LogP contribution is 2.24. The Morgan fingerprint density at radius 1 is 1.27 bits per heavy atom. The highest BCUT2D eigenvalue weighted by atomic mass is 35.5. The van der Waals surface area contributed by atoms with Crippen LogP contribution in [0.1, 0.15) is 42.2 Å². The average Bonchev–Trinajstić information content (AvgIpc) is 2.95. The fourth-order valence-electron chi connectivity index (χ4n) is 3.22. The Morgan fingerprint density at radius 3 is 2.69 bits per heavy atom. The Balaban J connectivity index is 1.70. The summed E-state index contributed by atoms with van der Waals surface area (Å²) in [5, 5.41) is 4.50. The average molecular weight is 376 g/mol. The number of para-hydroxylation sites is 1. The number of hydrogen-bond acceptors (Lipinski definition) is 4. The molecule has 0 unspecified atom stereocenters. The Kier molecular flexibility index (Phi) is 5.61. The number of benzene rings is 1. The topological polar surface area (TPSA) is 64.4 Å². The number of piperidine rings is 1. The number of ether oxygens (including phenoxy) is 1. The SMILES string of the molecule is Cc1nn(-c2ccccc2)c(Cl)c1C(=O)OCC(=O)N1CCCC[C@@H]1C. The molecule has 0 N–H and O–H groups in total. The number of carbonyl (C=O) groups excluding carboxylic acids is 2. The lowest BCUT2D eigenvalue weighted by Gasteiger charge is -2.33. The van der Waals surface area contributed by atoms with Crippen LogP contribution in [0.15, 0.2) is 30.3 Å². The second kappa shape index (κ2) is 7.91. The van der Waals surface area contributed by atoms with Crippen LogP contribution in [0.2, 0.25) is 5.15 Å². The van der Waals surface area contributed by atoms with Gasteiger partial charge in [0.15, 0.2) is 6.61 Å². The van der Waals surface area contributed by atoms with Crippen molar-refractivity contribution in [1.29, 1.82) is 0 Å². The third kappa shape index (κ3) is 3.75. The van der Waals surface area contributed by atoms with Gasteiger partial charge in [-0.2, -0.15) is 5.10 Å². The number of aromatic nitrogens is 2. The van der Waals surface area contributed by atoms with E-state index < -0.39 is 5.97 Å². The quantitative estimate of drug-likeness (QED) is 0.768. The van der Waals surface area contributed by atoms with Crippen LogP contribution in [0.5, 0.6) is 0 Å². The minimum atomic E-state index is -0.632. The molecule has 0 radical (unpaired) electrons. The van der Waals surface area contributed by atoms with Crippen molar-refractivity contribution < 1.29 is 14.3 Å². The molecule has 1 aromatic carbocycles. The fraction of sp³-hybridized carbons (Fsp3) is 0.421. The molecule has 1 aromatic heterocycles. The highest BCUT2D eigenvalue weighted by molar-refractivity contribution is 6.33. The number of amides is 1. The van der Waals surface area contributed by atoms with Crippen LogP contribution in [0.3, 0.4) is 0 Å². The Hall–Kier alpha value is -2.34. The molecule has 1 fully saturated rings. The molecule has 3 rings (SSSR count). The van der Waals surface area contributed by atoms with E-state index in [1.54, 1.807) is 11.8 Å². The van der Waals surface area contributed by atoms with Crippen molar-refractivity contribution in [1.82, 2.24) is 14.7 Å². The zero-order chi connectivity index (χ0) is 18.7. The van der Waals surface area contributed by atoms with Gasteiger partial charge >= 0.3 is 5.97 Å². The van der Waals surface area contributed by atoms with E-state index >= 15 is 0 Å². The van der Waals surface area contributed by atoms with E-state index in [1.807, 2.05) is 37.3 Å². The number of hydrogen-bond donors (Lipinski definition) is 0. The predicted molar refractivity (Wildman–Crippen MR) is 98.6 cm³/mol. The van der Waals surface area contributed by atoms with Gasteiger partial charge in [0.2, 0.25) is 0 Å². The highest BCUT2D eigenvalue weighted by Gasteiger charge is 2.26. The lowest BCUT2D eigenvalue weighted by molar-refractivity contribution is -0.137. The Labute approximate surface area is 157 Å². The molecule has 26 heavy (non-hydrogen) atoms. The van der Waals surface area contributed by atoms with E-state index in [2.05, 4.69) is 5.10 Å². The van der Waals surface area contributed by atoms with Gasteiger partial charge in [0.25, 0.3) is 5.91 Å². The summed E-state index contributed by atoms with van der Waals surface area (Å²) in [5.74, 6) is -0.803. The zero-order valence-electron chi connectivity index (χ0n) is 14.9. The van der Waals surface area contributed by atoms with Crippen molar-refractivity contribution in [2.45, 2.75) is 39.2 Å². The molecule has 1 aliphatic heterocycles. The summed E-state index contributed by atoms with van der Waals surface area (Å²) >= 11 is 6.35. The second-order valence-corrected chi connectivity index (χ2v) is 6.86. The van der Waals surface area contributed by atoms with Crippen molar-refractivity contribution >= 4 is 23.5 Å². The van der Waals surface area contributed by atoms with Crippen molar-refractivity contribution in [2.75, 3.05) is 13.2 Å². The van der Waals surface area contributed by atoms with Gasteiger partial charge in [-0.15, -0.1) is 0 Å². The van der Waals surface area contributed by atoms with E-state index in [4.69, 9.17) is 16.3 Å². The summed E-state index contributed by atoms with van der Waals surface area (Å²) in [4.78, 5) is 26.6. The third-order valence-electron chi connectivity index (χ3n) is 4.66. The van der Waals surface area contributed by atoms with Crippen LogP contribution in [0, 0.1) is 6.92 Å². The summed E-state index contributed by atoms with van der Waals surface area (Å²) in [7, 11) is 0. The number of nitrogens with zero attached hydrogens (tertiary/aromatic N) is 3. The minimum absolute atomic E-state index is 0.172. The number of aryl methyl sites for hydroxylation is 1. The molecular formula is C19H22ClN3O3. The van der Waals surface area contributed by atoms with Crippen molar-refractivity contribution in [3.63, 3.8) is 0 Å². The van der Waals surface area contributed by atoms with Gasteiger partial charge in [0, 0.05) is 12.6 Å². The monoisotopic (exact) mass is 375 g/mol. The normalized spacial score (nSPS) is 17.2. The smallest absolute Gasteiger partial charge is 0.343 e. The lowest BCUT2D eigenvalue weighted by atomic mass is 10.0. The maximum absolute atomic E-state index is 12.5. The van der Waals surface area contributed by atoms with Gasteiger partial charge in [0.1, 0.15) is 10.7 Å². The number of likely N-dealkylation sites (tertiary alicyclic amines) is 1. The van der Waals surface area contributed by atoms with Gasteiger partial charge in [-0.1, -0.05) is 29.8 Å². The number of esters is 1. The van der Waals surface area contributed by atoms with E-state index in [0.717, 1.165) is 24.9 Å². The largest absolute Gasteiger partial charge is 0.452 e. The molecule has 138 valence electrons. The summed E-state index contributed by atoms with van der Waals surface area (Å²) < 4.78 is 6.72. The molecule has 6 nitrogen and oxygen atoms in total. The fourth-order valence-corrected chi connectivity index (χ4v) is 3.57. The van der Waals surface area contributed by atoms with Gasteiger partial charge in [0.05, 0.1) is 11.4 Å². The van der Waals surface area contributed by atoms with E-state index in [-0.39, 0.29) is 29.3 Å². The van der Waals surface area contributed by atoms with Crippen LogP contribution >= 0.6 is 11.6 Å². The maximum Gasteiger partial charge on any atom is 0.343 e. The van der Waals surface area contributed by atoms with Crippen LogP contribution in [0.4, 0.5) is 0 Å². The summed E-state index contributed by atoms with van der Waals surface area (Å²) in [6.07, 6.45) is 3.09. The first kappa shape index (κ1) is 18.5. The number of halogens is 1. The van der Waals surface area contributed by atoms with Crippen LogP contribution < -0.4 is 0 Å². The van der Waals surface area contributed by atoms with Crippen LogP contribution in [-0.4, -0.2) is 45.8 Å². The molecular weight excluding hydrogens is 354 g/mol. The van der Waals surface area contributed by atoms with Crippen LogP contribution in [-0.2, 0) is 9.53 Å². The third-order valence-corrected chi connectivity index (χ3v) is 5.01. The summed E-state index contributed by atoms with van der Waals surface area (Å²) in [6, 6.07) is 9.47. The minimum Gasteiger partial charge on any atom is -0.452 e. The maximum atomic E-state index is 12.5. The molecule has 2 heterocycles. The standard InChI is InChI=1S/C19H22ClN3O3/c1-13-8-6-7-11-22(13)16(24)12-26-19(25)17-14(2)21-23(18(17)20)15-9-4-3-5-10-15/h3-5,9-10,13H,6-8,11-12H2,1-2H3/t13-/m0/s1. The summed E-state index contributed by atoms with van der Waals surface area (Å²) in [6.45, 7) is 4.14. The van der Waals surface area contributed by atoms with Gasteiger partial charge in [-0.05, 0) is 45.2 Å². The second-order valence-electron chi connectivity index (χ2n) is 6.51. The van der Waals surface area contributed by atoms with Crippen molar-refractivity contribution in [3.05, 3.63) is 46.7 Å². The molecule has 1 atom stereocenters. The van der Waals surface area contributed by atoms with Crippen LogP contribution in [0.25, 0.3) is 5.69 Å². The Morgan fingerprint density at radius 2 is 2.00 bits per heavy atom. The van der Waals surface area contributed by atoms with E-state index in [9.17, 15) is 9.59 Å². The molecule has 1 amide bonds. The first-order valence-corrected chi connectivity index (χ1v) is 9.14. The lowest BCUT2D eigenvalue weighted by Crippen LogP contribution is -2.44. The molecule has 0 spiro atoms. The van der Waals surface area contributed by atoms with E-state index in [1.165, 1.54) is 4.68 Å². The molecule has 1 saturated heterocycles. The van der Waals surface area contributed by atoms with Crippen molar-refractivity contribution in [3.8, 4) is 5.69 Å². The zero-order valence-corrected chi connectivity index (χ0v) is 15.7. The first-order chi connectivity index (χ1) is 12.5. The van der Waals surface area contributed by atoms with Crippen molar-refractivity contribution in [2.24, 2.45) is 0 Å². The number of carbonyl (C=O) groups is 2. The number of rotatable bonds is 4. The Bertz CT molecular complexity index is 804. The van der Waals surface area contributed by atoms with E-state index in [0.29, 0.717) is 12.2 Å². The predicted octanol–water partition coefficient (Wildman–Crippen LogP) is 3.39. The first-order valence-electron chi connectivity index (χ1n) is 8.76. The molecule has 0 aliphatic carbocycles. The molecule has 1 aliphatic rings. The summed E-state index contributed by atoms with van der Waals surface area (Å²) in [5.41, 5.74) is 1.40.